The standard InChI is InChI=1S/C13H18ClNO2S/c1-10-7-12(14)4-3-11(10)8-15-13(2)5-6-18(16,17)9-13/h3-4,7,15H,5-6,8-9H2,1-2H3. The first kappa shape index (κ1) is 13.8. The Hall–Kier alpha value is -0.580. The van der Waals surface area contributed by atoms with Crippen molar-refractivity contribution in [1.29, 1.82) is 0 Å². The van der Waals surface area contributed by atoms with Crippen LogP contribution in [-0.4, -0.2) is 25.5 Å². The number of hydrogen-bond acceptors (Lipinski definition) is 3. The number of halogens is 1. The highest BCUT2D eigenvalue weighted by atomic mass is 35.5. The van der Waals surface area contributed by atoms with Crippen molar-refractivity contribution >= 4 is 21.4 Å². The largest absolute Gasteiger partial charge is 0.306 e. The van der Waals surface area contributed by atoms with E-state index < -0.39 is 9.84 Å². The van der Waals surface area contributed by atoms with Crippen molar-refractivity contribution in [3.05, 3.63) is 34.3 Å². The van der Waals surface area contributed by atoms with Gasteiger partial charge in [-0.15, -0.1) is 0 Å². The van der Waals surface area contributed by atoms with E-state index in [0.717, 1.165) is 16.1 Å². The van der Waals surface area contributed by atoms with E-state index in [1.165, 1.54) is 0 Å². The van der Waals surface area contributed by atoms with Crippen molar-refractivity contribution in [2.75, 3.05) is 11.5 Å². The molecule has 0 aliphatic carbocycles. The number of rotatable bonds is 3. The lowest BCUT2D eigenvalue weighted by atomic mass is 10.0. The Kier molecular flexibility index (Phi) is 3.72. The summed E-state index contributed by atoms with van der Waals surface area (Å²) in [5.74, 6) is 0.517. The highest BCUT2D eigenvalue weighted by molar-refractivity contribution is 7.91. The van der Waals surface area contributed by atoms with Crippen LogP contribution < -0.4 is 5.32 Å². The Balaban J connectivity index is 2.04. The van der Waals surface area contributed by atoms with Gasteiger partial charge in [0.1, 0.15) is 0 Å². The third-order valence-electron chi connectivity index (χ3n) is 3.51. The smallest absolute Gasteiger partial charge is 0.152 e. The van der Waals surface area contributed by atoms with Crippen molar-refractivity contribution in [1.82, 2.24) is 5.32 Å². The Labute approximate surface area is 113 Å². The van der Waals surface area contributed by atoms with Gasteiger partial charge in [-0.3, -0.25) is 0 Å². The summed E-state index contributed by atoms with van der Waals surface area (Å²) in [6.07, 6.45) is 0.683. The molecule has 0 spiro atoms. The average Bonchev–Trinajstić information content (AvgIpc) is 2.52. The van der Waals surface area contributed by atoms with Crippen LogP contribution in [0.15, 0.2) is 18.2 Å². The lowest BCUT2D eigenvalue weighted by Gasteiger charge is -2.24. The van der Waals surface area contributed by atoms with Gasteiger partial charge in [-0.25, -0.2) is 8.42 Å². The number of hydrogen-bond donors (Lipinski definition) is 1. The number of sulfone groups is 1. The molecule has 1 aromatic rings. The fraction of sp³-hybridized carbons (Fsp3) is 0.538. The molecule has 1 fully saturated rings. The molecule has 1 N–H and O–H groups in total. The fourth-order valence-corrected chi connectivity index (χ4v) is 4.67. The molecule has 2 rings (SSSR count). The van der Waals surface area contributed by atoms with Crippen LogP contribution in [-0.2, 0) is 16.4 Å². The minimum atomic E-state index is -2.86. The summed E-state index contributed by atoms with van der Waals surface area (Å²) >= 11 is 5.91. The van der Waals surface area contributed by atoms with Gasteiger partial charge in [-0.1, -0.05) is 17.7 Å². The lowest BCUT2D eigenvalue weighted by molar-refractivity contribution is 0.395. The maximum atomic E-state index is 11.5. The van der Waals surface area contributed by atoms with Crippen LogP contribution in [0.5, 0.6) is 0 Å². The summed E-state index contributed by atoms with van der Waals surface area (Å²) in [5, 5.41) is 4.10. The molecule has 1 saturated heterocycles. The molecule has 0 radical (unpaired) electrons. The second-order valence-corrected chi connectivity index (χ2v) is 7.95. The molecular weight excluding hydrogens is 270 g/mol. The van der Waals surface area contributed by atoms with Gasteiger partial charge in [0.25, 0.3) is 0 Å². The van der Waals surface area contributed by atoms with E-state index in [0.29, 0.717) is 13.0 Å². The molecule has 1 aromatic carbocycles. The average molecular weight is 288 g/mol. The van der Waals surface area contributed by atoms with Crippen LogP contribution in [0, 0.1) is 6.92 Å². The van der Waals surface area contributed by atoms with Crippen LogP contribution in [0.25, 0.3) is 0 Å². The van der Waals surface area contributed by atoms with Crippen molar-refractivity contribution in [3.8, 4) is 0 Å². The fourth-order valence-electron chi connectivity index (χ4n) is 2.32. The normalized spacial score (nSPS) is 26.4. The van der Waals surface area contributed by atoms with Gasteiger partial charge < -0.3 is 5.32 Å². The molecule has 1 aliphatic rings. The van der Waals surface area contributed by atoms with E-state index in [-0.39, 0.29) is 17.0 Å². The Morgan fingerprint density at radius 1 is 1.44 bits per heavy atom. The van der Waals surface area contributed by atoms with Gasteiger partial charge in [0.2, 0.25) is 0 Å². The molecule has 1 heterocycles. The lowest BCUT2D eigenvalue weighted by Crippen LogP contribution is -2.42. The molecule has 1 unspecified atom stereocenters. The molecule has 3 nitrogen and oxygen atoms in total. The Bertz CT molecular complexity index is 556. The van der Waals surface area contributed by atoms with E-state index in [2.05, 4.69) is 5.32 Å². The van der Waals surface area contributed by atoms with Gasteiger partial charge >= 0.3 is 0 Å². The highest BCUT2D eigenvalue weighted by Crippen LogP contribution is 2.24. The summed E-state index contributed by atoms with van der Waals surface area (Å²) in [7, 11) is -2.86. The van der Waals surface area contributed by atoms with E-state index in [1.54, 1.807) is 0 Å². The number of aryl methyl sites for hydroxylation is 1. The van der Waals surface area contributed by atoms with Crippen LogP contribution in [0.1, 0.15) is 24.5 Å². The zero-order valence-electron chi connectivity index (χ0n) is 10.7. The zero-order valence-corrected chi connectivity index (χ0v) is 12.2. The predicted octanol–water partition coefficient (Wildman–Crippen LogP) is 2.32. The Morgan fingerprint density at radius 3 is 2.72 bits per heavy atom. The van der Waals surface area contributed by atoms with Crippen LogP contribution >= 0.6 is 11.6 Å². The molecule has 0 amide bonds. The predicted molar refractivity (Wildman–Crippen MR) is 74.7 cm³/mol. The monoisotopic (exact) mass is 287 g/mol. The third kappa shape index (κ3) is 3.25. The summed E-state index contributed by atoms with van der Waals surface area (Å²) in [5.41, 5.74) is 1.98. The quantitative estimate of drug-likeness (QED) is 0.928. The molecule has 5 heteroatoms. The minimum absolute atomic E-state index is 0.229. The summed E-state index contributed by atoms with van der Waals surface area (Å²) < 4.78 is 23.0. The second kappa shape index (κ2) is 4.83. The maximum Gasteiger partial charge on any atom is 0.152 e. The molecule has 1 aliphatic heterocycles. The van der Waals surface area contributed by atoms with E-state index in [1.807, 2.05) is 32.0 Å². The van der Waals surface area contributed by atoms with E-state index in [4.69, 9.17) is 11.6 Å². The maximum absolute atomic E-state index is 11.5. The molecule has 0 aromatic heterocycles. The first-order valence-electron chi connectivity index (χ1n) is 6.00. The van der Waals surface area contributed by atoms with Crippen molar-refractivity contribution in [2.45, 2.75) is 32.4 Å². The Morgan fingerprint density at radius 2 is 2.17 bits per heavy atom. The van der Waals surface area contributed by atoms with Gasteiger partial charge in [-0.2, -0.15) is 0 Å². The molecule has 18 heavy (non-hydrogen) atoms. The van der Waals surface area contributed by atoms with Crippen LogP contribution in [0.4, 0.5) is 0 Å². The van der Waals surface area contributed by atoms with Gasteiger partial charge in [0.05, 0.1) is 11.5 Å². The molecular formula is C13H18ClNO2S. The van der Waals surface area contributed by atoms with Gasteiger partial charge in [-0.05, 0) is 43.5 Å². The van der Waals surface area contributed by atoms with Crippen molar-refractivity contribution in [3.63, 3.8) is 0 Å². The topological polar surface area (TPSA) is 46.2 Å². The van der Waals surface area contributed by atoms with Crippen LogP contribution in [0.3, 0.4) is 0 Å². The minimum Gasteiger partial charge on any atom is -0.306 e. The van der Waals surface area contributed by atoms with Crippen molar-refractivity contribution in [2.24, 2.45) is 0 Å². The highest BCUT2D eigenvalue weighted by Gasteiger charge is 2.37. The van der Waals surface area contributed by atoms with E-state index in [9.17, 15) is 8.42 Å². The zero-order chi connectivity index (χ0) is 13.4. The van der Waals surface area contributed by atoms with Crippen molar-refractivity contribution < 1.29 is 8.42 Å². The second-order valence-electron chi connectivity index (χ2n) is 5.33. The third-order valence-corrected chi connectivity index (χ3v) is 5.65. The number of nitrogens with one attached hydrogen (secondary N) is 1. The first-order chi connectivity index (χ1) is 8.30. The summed E-state index contributed by atoms with van der Waals surface area (Å²) in [6, 6.07) is 5.77. The first-order valence-corrected chi connectivity index (χ1v) is 8.20. The summed E-state index contributed by atoms with van der Waals surface area (Å²) in [6.45, 7) is 4.66. The molecule has 100 valence electrons. The molecule has 0 saturated carbocycles. The van der Waals surface area contributed by atoms with Gasteiger partial charge in [0, 0.05) is 17.1 Å². The SMILES string of the molecule is Cc1cc(Cl)ccc1CNC1(C)CCS(=O)(=O)C1. The molecule has 0 bridgehead atoms. The summed E-state index contributed by atoms with van der Waals surface area (Å²) in [4.78, 5) is 0. The van der Waals surface area contributed by atoms with E-state index >= 15 is 0 Å². The number of benzene rings is 1. The molecule has 1 atom stereocenters. The van der Waals surface area contributed by atoms with Gasteiger partial charge in [0.15, 0.2) is 9.84 Å². The van der Waals surface area contributed by atoms with Crippen LogP contribution in [0.2, 0.25) is 5.02 Å².